The summed E-state index contributed by atoms with van der Waals surface area (Å²) in [7, 11) is 0. The molecule has 0 spiro atoms. The predicted octanol–water partition coefficient (Wildman–Crippen LogP) is 1.76. The first kappa shape index (κ1) is 8.97. The largest absolute Gasteiger partial charge is 0.372 e. The minimum absolute atomic E-state index is 0.313. The van der Waals surface area contributed by atoms with Gasteiger partial charge in [0, 0.05) is 24.7 Å². The first-order valence-electron chi connectivity index (χ1n) is 4.55. The molecule has 2 unspecified atom stereocenters. The van der Waals surface area contributed by atoms with Gasteiger partial charge in [0.1, 0.15) is 0 Å². The second kappa shape index (κ2) is 3.64. The molecule has 1 saturated heterocycles. The lowest BCUT2D eigenvalue weighted by atomic mass is 10.2. The number of hydrogen-bond donors (Lipinski definition) is 0. The van der Waals surface area contributed by atoms with Crippen LogP contribution in [0.15, 0.2) is 11.6 Å². The second-order valence-corrected chi connectivity index (χ2v) is 4.35. The number of morpholine rings is 1. The van der Waals surface area contributed by atoms with Gasteiger partial charge in [0.05, 0.1) is 12.2 Å². The van der Waals surface area contributed by atoms with Crippen molar-refractivity contribution in [2.24, 2.45) is 0 Å². The van der Waals surface area contributed by atoms with Crippen molar-refractivity contribution in [3.05, 3.63) is 11.6 Å². The van der Waals surface area contributed by atoms with Gasteiger partial charge in [-0.3, -0.25) is 0 Å². The summed E-state index contributed by atoms with van der Waals surface area (Å²) in [6.45, 7) is 6.13. The fourth-order valence-corrected chi connectivity index (χ4v) is 2.37. The highest BCUT2D eigenvalue weighted by Crippen LogP contribution is 2.21. The summed E-state index contributed by atoms with van der Waals surface area (Å²) in [4.78, 5) is 6.59. The molecule has 0 saturated carbocycles. The van der Waals surface area contributed by atoms with Gasteiger partial charge in [0.2, 0.25) is 0 Å². The van der Waals surface area contributed by atoms with Crippen molar-refractivity contribution in [2.45, 2.75) is 26.1 Å². The number of anilines is 1. The molecular formula is C9H14N2OS. The fraction of sp³-hybridized carbons (Fsp3) is 0.667. The Kier molecular flexibility index (Phi) is 2.51. The summed E-state index contributed by atoms with van der Waals surface area (Å²) in [5.41, 5.74) is 0. The number of aromatic nitrogens is 1. The van der Waals surface area contributed by atoms with Gasteiger partial charge in [-0.25, -0.2) is 4.98 Å². The van der Waals surface area contributed by atoms with Crippen molar-refractivity contribution in [1.29, 1.82) is 0 Å². The molecule has 0 bridgehead atoms. The summed E-state index contributed by atoms with van der Waals surface area (Å²) in [5, 5.41) is 3.13. The molecule has 2 rings (SSSR count). The van der Waals surface area contributed by atoms with Crippen LogP contribution in [-0.4, -0.2) is 30.3 Å². The maximum Gasteiger partial charge on any atom is 0.185 e. The van der Waals surface area contributed by atoms with Crippen molar-refractivity contribution in [2.75, 3.05) is 18.0 Å². The second-order valence-electron chi connectivity index (χ2n) is 3.48. The lowest BCUT2D eigenvalue weighted by Gasteiger charge is -2.35. The maximum absolute atomic E-state index is 5.65. The van der Waals surface area contributed by atoms with Gasteiger partial charge in [-0.2, -0.15) is 0 Å². The van der Waals surface area contributed by atoms with Gasteiger partial charge in [0.15, 0.2) is 5.13 Å². The Morgan fingerprint density at radius 3 is 2.69 bits per heavy atom. The van der Waals surface area contributed by atoms with Crippen molar-refractivity contribution >= 4 is 16.5 Å². The Hall–Kier alpha value is -0.610. The van der Waals surface area contributed by atoms with E-state index in [1.807, 2.05) is 11.6 Å². The molecule has 1 aromatic heterocycles. The maximum atomic E-state index is 5.65. The van der Waals surface area contributed by atoms with Gasteiger partial charge in [-0.05, 0) is 13.8 Å². The Morgan fingerprint density at radius 2 is 2.15 bits per heavy atom. The van der Waals surface area contributed by atoms with E-state index in [0.717, 1.165) is 18.2 Å². The molecule has 1 aromatic rings. The van der Waals surface area contributed by atoms with Crippen LogP contribution in [-0.2, 0) is 4.74 Å². The zero-order valence-corrected chi connectivity index (χ0v) is 8.75. The quantitative estimate of drug-likeness (QED) is 0.687. The highest BCUT2D eigenvalue weighted by Gasteiger charge is 2.23. The number of nitrogens with zero attached hydrogens (tertiary/aromatic N) is 2. The Balaban J connectivity index is 2.07. The van der Waals surface area contributed by atoms with Crippen LogP contribution in [0, 0.1) is 0 Å². The minimum atomic E-state index is 0.313. The molecule has 1 aliphatic rings. The van der Waals surface area contributed by atoms with E-state index >= 15 is 0 Å². The van der Waals surface area contributed by atoms with E-state index < -0.39 is 0 Å². The minimum Gasteiger partial charge on any atom is -0.372 e. The number of hydrogen-bond acceptors (Lipinski definition) is 4. The molecule has 0 N–H and O–H groups in total. The highest BCUT2D eigenvalue weighted by molar-refractivity contribution is 7.13. The van der Waals surface area contributed by atoms with Gasteiger partial charge in [0.25, 0.3) is 0 Å². The van der Waals surface area contributed by atoms with E-state index in [0.29, 0.717) is 12.2 Å². The molecule has 2 heterocycles. The van der Waals surface area contributed by atoms with Crippen LogP contribution in [0.1, 0.15) is 13.8 Å². The lowest BCUT2D eigenvalue weighted by Crippen LogP contribution is -2.45. The summed E-state index contributed by atoms with van der Waals surface area (Å²) < 4.78 is 5.65. The number of ether oxygens (including phenoxy) is 1. The molecule has 72 valence electrons. The Morgan fingerprint density at radius 1 is 1.46 bits per heavy atom. The summed E-state index contributed by atoms with van der Waals surface area (Å²) in [5.74, 6) is 0. The number of thiazole rings is 1. The van der Waals surface area contributed by atoms with Crippen molar-refractivity contribution in [3.63, 3.8) is 0 Å². The molecule has 1 fully saturated rings. The molecule has 0 aliphatic carbocycles. The SMILES string of the molecule is CC1CN(c2nccs2)CC(C)O1. The first-order chi connectivity index (χ1) is 6.25. The van der Waals surface area contributed by atoms with E-state index in [1.54, 1.807) is 11.3 Å². The first-order valence-corrected chi connectivity index (χ1v) is 5.43. The van der Waals surface area contributed by atoms with E-state index in [9.17, 15) is 0 Å². The summed E-state index contributed by atoms with van der Waals surface area (Å²) >= 11 is 1.69. The Bertz CT molecular complexity index is 253. The monoisotopic (exact) mass is 198 g/mol. The molecule has 3 nitrogen and oxygen atoms in total. The molecule has 1 aliphatic heterocycles. The van der Waals surface area contributed by atoms with Crippen LogP contribution < -0.4 is 4.90 Å². The van der Waals surface area contributed by atoms with Crippen molar-refractivity contribution < 1.29 is 4.74 Å². The van der Waals surface area contributed by atoms with E-state index in [2.05, 4.69) is 23.7 Å². The van der Waals surface area contributed by atoms with Gasteiger partial charge in [-0.15, -0.1) is 11.3 Å². The molecular weight excluding hydrogens is 184 g/mol. The molecule has 0 amide bonds. The van der Waals surface area contributed by atoms with E-state index in [4.69, 9.17) is 4.74 Å². The average Bonchev–Trinajstić information content (AvgIpc) is 2.53. The van der Waals surface area contributed by atoms with Gasteiger partial charge >= 0.3 is 0 Å². The van der Waals surface area contributed by atoms with E-state index in [1.165, 1.54) is 0 Å². The molecule has 4 heteroatoms. The summed E-state index contributed by atoms with van der Waals surface area (Å²) in [6, 6.07) is 0. The fourth-order valence-electron chi connectivity index (χ4n) is 1.71. The number of rotatable bonds is 1. The van der Waals surface area contributed by atoms with Crippen LogP contribution in [0.5, 0.6) is 0 Å². The highest BCUT2D eigenvalue weighted by atomic mass is 32.1. The Labute approximate surface area is 82.3 Å². The zero-order valence-electron chi connectivity index (χ0n) is 7.93. The topological polar surface area (TPSA) is 25.4 Å². The van der Waals surface area contributed by atoms with Crippen LogP contribution in [0.25, 0.3) is 0 Å². The lowest BCUT2D eigenvalue weighted by molar-refractivity contribution is -0.00522. The predicted molar refractivity (Wildman–Crippen MR) is 54.3 cm³/mol. The van der Waals surface area contributed by atoms with Crippen LogP contribution in [0.3, 0.4) is 0 Å². The molecule has 0 radical (unpaired) electrons. The molecule has 13 heavy (non-hydrogen) atoms. The van der Waals surface area contributed by atoms with Crippen molar-refractivity contribution in [3.8, 4) is 0 Å². The van der Waals surface area contributed by atoms with Crippen LogP contribution in [0.4, 0.5) is 5.13 Å². The normalized spacial score (nSPS) is 29.2. The summed E-state index contributed by atoms with van der Waals surface area (Å²) in [6.07, 6.45) is 2.48. The van der Waals surface area contributed by atoms with Crippen LogP contribution >= 0.6 is 11.3 Å². The third-order valence-corrected chi connectivity index (χ3v) is 2.94. The zero-order chi connectivity index (χ0) is 9.26. The molecule has 0 aromatic carbocycles. The molecule has 2 atom stereocenters. The van der Waals surface area contributed by atoms with Gasteiger partial charge < -0.3 is 9.64 Å². The average molecular weight is 198 g/mol. The van der Waals surface area contributed by atoms with Crippen molar-refractivity contribution in [1.82, 2.24) is 4.98 Å². The van der Waals surface area contributed by atoms with Gasteiger partial charge in [-0.1, -0.05) is 0 Å². The standard InChI is InChI=1S/C9H14N2OS/c1-7-5-11(6-8(2)12-7)9-10-3-4-13-9/h3-4,7-8H,5-6H2,1-2H3. The van der Waals surface area contributed by atoms with Crippen LogP contribution in [0.2, 0.25) is 0 Å². The van der Waals surface area contributed by atoms with E-state index in [-0.39, 0.29) is 0 Å². The third-order valence-electron chi connectivity index (χ3n) is 2.11. The third kappa shape index (κ3) is 2.00. The smallest absolute Gasteiger partial charge is 0.185 e.